The van der Waals surface area contributed by atoms with Gasteiger partial charge in [-0.2, -0.15) is 0 Å². The Kier molecular flexibility index (Phi) is 5.69. The lowest BCUT2D eigenvalue weighted by Gasteiger charge is -2.20. The highest BCUT2D eigenvalue weighted by Crippen LogP contribution is 2.25. The van der Waals surface area contributed by atoms with Gasteiger partial charge in [-0.3, -0.25) is 14.6 Å². The Hall–Kier alpha value is -4.06. The first-order valence-corrected chi connectivity index (χ1v) is 10.3. The molecular formula is C26H24N4O2. The van der Waals surface area contributed by atoms with Gasteiger partial charge < -0.3 is 10.6 Å². The zero-order chi connectivity index (χ0) is 22.7. The highest BCUT2D eigenvalue weighted by molar-refractivity contribution is 6.13. The Bertz CT molecular complexity index is 1280. The second-order valence-corrected chi connectivity index (χ2v) is 8.55. The molecule has 2 heterocycles. The van der Waals surface area contributed by atoms with E-state index in [1.165, 1.54) is 0 Å². The van der Waals surface area contributed by atoms with Gasteiger partial charge >= 0.3 is 0 Å². The summed E-state index contributed by atoms with van der Waals surface area (Å²) in [4.78, 5) is 34.4. The van der Waals surface area contributed by atoms with Gasteiger partial charge in [0.15, 0.2) is 0 Å². The molecule has 0 saturated heterocycles. The van der Waals surface area contributed by atoms with Crippen molar-refractivity contribution in [1.82, 2.24) is 15.3 Å². The van der Waals surface area contributed by atoms with Crippen molar-refractivity contribution in [3.63, 3.8) is 0 Å². The molecule has 4 rings (SSSR count). The van der Waals surface area contributed by atoms with Crippen molar-refractivity contribution < 1.29 is 9.59 Å². The molecule has 0 aliphatic rings. The first-order valence-electron chi connectivity index (χ1n) is 10.3. The number of fused-ring (bicyclic) bond motifs is 1. The maximum atomic E-state index is 13.2. The number of aromatic nitrogens is 2. The average molecular weight is 425 g/mol. The van der Waals surface area contributed by atoms with Crippen LogP contribution in [0.15, 0.2) is 79.1 Å². The molecule has 160 valence electrons. The molecule has 0 aliphatic heterocycles. The second kappa shape index (κ2) is 8.59. The van der Waals surface area contributed by atoms with Crippen LogP contribution in [0.3, 0.4) is 0 Å². The molecule has 0 unspecified atom stereocenters. The number of pyridine rings is 2. The van der Waals surface area contributed by atoms with Gasteiger partial charge in [0.2, 0.25) is 0 Å². The lowest BCUT2D eigenvalue weighted by atomic mass is 10.0. The molecule has 2 aromatic carbocycles. The molecule has 4 aromatic rings. The van der Waals surface area contributed by atoms with Gasteiger partial charge in [0.25, 0.3) is 11.8 Å². The number of amides is 2. The maximum absolute atomic E-state index is 13.2. The van der Waals surface area contributed by atoms with Crippen molar-refractivity contribution in [2.24, 2.45) is 0 Å². The van der Waals surface area contributed by atoms with E-state index >= 15 is 0 Å². The molecule has 0 fully saturated rings. The SMILES string of the molecule is CC(C)(C)NC(=O)c1ccc(NC(=O)c2cc(-c3cccnc3)nc3ccccc23)cc1. The number of hydrogen-bond donors (Lipinski definition) is 2. The Morgan fingerprint density at radius 1 is 0.875 bits per heavy atom. The van der Waals surface area contributed by atoms with Crippen LogP contribution >= 0.6 is 0 Å². The normalized spacial score (nSPS) is 11.2. The van der Waals surface area contributed by atoms with Crippen molar-refractivity contribution in [2.45, 2.75) is 26.3 Å². The summed E-state index contributed by atoms with van der Waals surface area (Å²) < 4.78 is 0. The fourth-order valence-corrected chi connectivity index (χ4v) is 3.34. The minimum absolute atomic E-state index is 0.156. The maximum Gasteiger partial charge on any atom is 0.256 e. The summed E-state index contributed by atoms with van der Waals surface area (Å²) in [6.07, 6.45) is 3.42. The molecule has 6 heteroatoms. The Morgan fingerprint density at radius 2 is 1.62 bits per heavy atom. The summed E-state index contributed by atoms with van der Waals surface area (Å²) in [5, 5.41) is 6.62. The third-order valence-electron chi connectivity index (χ3n) is 4.81. The summed E-state index contributed by atoms with van der Waals surface area (Å²) >= 11 is 0. The van der Waals surface area contributed by atoms with E-state index in [1.54, 1.807) is 42.7 Å². The van der Waals surface area contributed by atoms with Crippen molar-refractivity contribution >= 4 is 28.4 Å². The van der Waals surface area contributed by atoms with Gasteiger partial charge in [-0.05, 0) is 69.3 Å². The standard InChI is InChI=1S/C26H24N4O2/c1-26(2,3)30-24(31)17-10-12-19(13-11-17)28-25(32)21-15-23(18-7-6-14-27-16-18)29-22-9-5-4-8-20(21)22/h4-16H,1-3H3,(H,28,32)(H,30,31). The topological polar surface area (TPSA) is 84.0 Å². The highest BCUT2D eigenvalue weighted by Gasteiger charge is 2.17. The number of hydrogen-bond acceptors (Lipinski definition) is 4. The zero-order valence-electron chi connectivity index (χ0n) is 18.2. The Morgan fingerprint density at radius 3 is 2.31 bits per heavy atom. The van der Waals surface area contributed by atoms with Crippen LogP contribution in [-0.4, -0.2) is 27.3 Å². The first-order chi connectivity index (χ1) is 15.3. The molecule has 0 saturated carbocycles. The highest BCUT2D eigenvalue weighted by atomic mass is 16.2. The van der Waals surface area contributed by atoms with E-state index in [2.05, 4.69) is 15.6 Å². The molecule has 2 amide bonds. The van der Waals surface area contributed by atoms with Gasteiger partial charge in [0.05, 0.1) is 16.8 Å². The smallest absolute Gasteiger partial charge is 0.256 e. The number of para-hydroxylation sites is 1. The minimum atomic E-state index is -0.321. The molecule has 2 aromatic heterocycles. The van der Waals surface area contributed by atoms with Crippen LogP contribution in [0.1, 0.15) is 41.5 Å². The van der Waals surface area contributed by atoms with E-state index in [-0.39, 0.29) is 17.4 Å². The molecular weight excluding hydrogens is 400 g/mol. The molecule has 6 nitrogen and oxygen atoms in total. The quantitative estimate of drug-likeness (QED) is 0.479. The van der Waals surface area contributed by atoms with Crippen LogP contribution in [0.2, 0.25) is 0 Å². The van der Waals surface area contributed by atoms with E-state index in [4.69, 9.17) is 4.98 Å². The number of nitrogens with one attached hydrogen (secondary N) is 2. The van der Waals surface area contributed by atoms with Gasteiger partial charge in [-0.25, -0.2) is 4.98 Å². The number of nitrogens with zero attached hydrogens (tertiary/aromatic N) is 2. The molecule has 0 aliphatic carbocycles. The van der Waals surface area contributed by atoms with Gasteiger partial charge in [-0.1, -0.05) is 18.2 Å². The second-order valence-electron chi connectivity index (χ2n) is 8.55. The average Bonchev–Trinajstić information content (AvgIpc) is 2.78. The van der Waals surface area contributed by atoms with Crippen molar-refractivity contribution in [3.8, 4) is 11.3 Å². The van der Waals surface area contributed by atoms with Crippen LogP contribution in [0, 0.1) is 0 Å². The minimum Gasteiger partial charge on any atom is -0.347 e. The largest absolute Gasteiger partial charge is 0.347 e. The Balaban J connectivity index is 1.62. The number of carbonyl (C=O) groups excluding carboxylic acids is 2. The summed E-state index contributed by atoms with van der Waals surface area (Å²) in [6.45, 7) is 5.79. The number of rotatable bonds is 4. The third kappa shape index (κ3) is 4.81. The van der Waals surface area contributed by atoms with Crippen LogP contribution in [0.5, 0.6) is 0 Å². The lowest BCUT2D eigenvalue weighted by molar-refractivity contribution is 0.0919. The Labute approximate surface area is 186 Å². The van der Waals surface area contributed by atoms with Gasteiger partial charge in [0, 0.05) is 40.1 Å². The lowest BCUT2D eigenvalue weighted by Crippen LogP contribution is -2.40. The molecule has 0 bridgehead atoms. The molecule has 32 heavy (non-hydrogen) atoms. The van der Waals surface area contributed by atoms with E-state index < -0.39 is 0 Å². The number of anilines is 1. The van der Waals surface area contributed by atoms with Crippen LogP contribution in [0.4, 0.5) is 5.69 Å². The first kappa shape index (κ1) is 21.2. The van der Waals surface area contributed by atoms with E-state index in [0.29, 0.717) is 22.5 Å². The van der Waals surface area contributed by atoms with E-state index in [1.807, 2.05) is 57.2 Å². The predicted molar refractivity (Wildman–Crippen MR) is 127 cm³/mol. The van der Waals surface area contributed by atoms with Crippen LogP contribution in [-0.2, 0) is 0 Å². The van der Waals surface area contributed by atoms with Crippen molar-refractivity contribution in [2.75, 3.05) is 5.32 Å². The zero-order valence-corrected chi connectivity index (χ0v) is 18.2. The molecule has 0 spiro atoms. The summed E-state index contributed by atoms with van der Waals surface area (Å²) in [6, 6.07) is 19.9. The predicted octanol–water partition coefficient (Wildman–Crippen LogP) is 5.08. The van der Waals surface area contributed by atoms with E-state index in [9.17, 15) is 9.59 Å². The van der Waals surface area contributed by atoms with E-state index in [0.717, 1.165) is 16.5 Å². The monoisotopic (exact) mass is 424 g/mol. The van der Waals surface area contributed by atoms with Gasteiger partial charge in [0.1, 0.15) is 0 Å². The number of carbonyl (C=O) groups is 2. The third-order valence-corrected chi connectivity index (χ3v) is 4.81. The molecule has 2 N–H and O–H groups in total. The van der Waals surface area contributed by atoms with Crippen molar-refractivity contribution in [1.29, 1.82) is 0 Å². The molecule has 0 atom stereocenters. The van der Waals surface area contributed by atoms with Gasteiger partial charge in [-0.15, -0.1) is 0 Å². The van der Waals surface area contributed by atoms with Crippen LogP contribution < -0.4 is 10.6 Å². The van der Waals surface area contributed by atoms with Crippen molar-refractivity contribution in [3.05, 3.63) is 90.3 Å². The summed E-state index contributed by atoms with van der Waals surface area (Å²) in [7, 11) is 0. The van der Waals surface area contributed by atoms with Crippen LogP contribution in [0.25, 0.3) is 22.2 Å². The summed E-state index contributed by atoms with van der Waals surface area (Å²) in [5.74, 6) is -0.405. The molecule has 0 radical (unpaired) electrons. The number of benzene rings is 2. The fourth-order valence-electron chi connectivity index (χ4n) is 3.34. The summed E-state index contributed by atoms with van der Waals surface area (Å²) in [5.41, 5.74) is 3.57. The fraction of sp³-hybridized carbons (Fsp3) is 0.154.